The molecule has 37 heavy (non-hydrogen) atoms. The number of benzene rings is 1. The number of rotatable bonds is 7. The van der Waals surface area contributed by atoms with Crippen LogP contribution in [0.25, 0.3) is 44.9 Å². The minimum atomic E-state index is -3.38. The first kappa shape index (κ1) is 25.8. The number of hydrogen-bond donors (Lipinski definition) is 1. The van der Waals surface area contributed by atoms with Crippen LogP contribution in [0.2, 0.25) is 0 Å². The fourth-order valence-corrected chi connectivity index (χ4v) is 3.73. The summed E-state index contributed by atoms with van der Waals surface area (Å²) in [4.78, 5) is 12.7. The van der Waals surface area contributed by atoms with Crippen LogP contribution in [0.4, 0.5) is 13.2 Å². The molecule has 1 aromatic carbocycles. The molecule has 192 valence electrons. The third-order valence-corrected chi connectivity index (χ3v) is 5.32. The third kappa shape index (κ3) is 5.31. The van der Waals surface area contributed by atoms with E-state index in [2.05, 4.69) is 20.1 Å². The van der Waals surface area contributed by atoms with E-state index in [0.29, 0.717) is 45.1 Å². The Balaban J connectivity index is 0.00000156. The largest absolute Gasteiger partial charge is 0.480 e. The Hall–Kier alpha value is -4.25. The maximum Gasteiger partial charge on any atom is 0.289 e. The van der Waals surface area contributed by atoms with Crippen molar-refractivity contribution in [1.82, 2.24) is 24.7 Å². The quantitative estimate of drug-likeness (QED) is 0.303. The van der Waals surface area contributed by atoms with Crippen LogP contribution < -0.4 is 4.74 Å². The first-order valence-electron chi connectivity index (χ1n) is 11.4. The zero-order chi connectivity index (χ0) is 26.6. The minimum Gasteiger partial charge on any atom is -0.480 e. The van der Waals surface area contributed by atoms with Crippen molar-refractivity contribution in [2.24, 2.45) is 0 Å². The van der Waals surface area contributed by atoms with Crippen LogP contribution in [0.1, 0.15) is 13.8 Å². The van der Waals surface area contributed by atoms with Gasteiger partial charge >= 0.3 is 0 Å². The number of aromatic nitrogens is 5. The molecule has 0 amide bonds. The number of pyridine rings is 1. The van der Waals surface area contributed by atoms with Crippen LogP contribution in [0.15, 0.2) is 65.6 Å². The second-order valence-electron chi connectivity index (χ2n) is 7.72. The summed E-state index contributed by atoms with van der Waals surface area (Å²) in [6.45, 7) is 1.82. The van der Waals surface area contributed by atoms with Crippen molar-refractivity contribution in [3.8, 4) is 39.7 Å². The second kappa shape index (κ2) is 10.8. The van der Waals surface area contributed by atoms with Crippen LogP contribution in [-0.2, 0) is 6.54 Å². The fraction of sp³-hybridized carbons (Fsp3) is 0.231. The molecule has 8 nitrogen and oxygen atoms in total. The van der Waals surface area contributed by atoms with Gasteiger partial charge in [0, 0.05) is 23.5 Å². The van der Waals surface area contributed by atoms with E-state index in [0.717, 1.165) is 4.68 Å². The highest BCUT2D eigenvalue weighted by Gasteiger charge is 2.30. The van der Waals surface area contributed by atoms with Crippen molar-refractivity contribution in [2.75, 3.05) is 13.7 Å². The molecule has 0 spiro atoms. The van der Waals surface area contributed by atoms with E-state index in [1.165, 1.54) is 43.9 Å². The summed E-state index contributed by atoms with van der Waals surface area (Å²) in [7, 11) is 1.49. The van der Waals surface area contributed by atoms with Crippen molar-refractivity contribution in [2.45, 2.75) is 26.3 Å². The topological polar surface area (TPSA) is 99.1 Å². The van der Waals surface area contributed by atoms with Gasteiger partial charge in [-0.3, -0.25) is 4.68 Å². The van der Waals surface area contributed by atoms with Crippen LogP contribution in [0.3, 0.4) is 0 Å². The first-order chi connectivity index (χ1) is 17.9. The number of nitrogens with zero attached hydrogens (tertiary/aromatic N) is 5. The van der Waals surface area contributed by atoms with E-state index >= 15 is 0 Å². The van der Waals surface area contributed by atoms with Gasteiger partial charge in [-0.1, -0.05) is 13.8 Å². The Morgan fingerprint density at radius 1 is 1.03 bits per heavy atom. The van der Waals surface area contributed by atoms with Gasteiger partial charge in [0.15, 0.2) is 0 Å². The molecule has 4 heterocycles. The van der Waals surface area contributed by atoms with Gasteiger partial charge in [0.1, 0.15) is 36.8 Å². The zero-order valence-corrected chi connectivity index (χ0v) is 20.3. The Labute approximate surface area is 210 Å². The van der Waals surface area contributed by atoms with Gasteiger partial charge < -0.3 is 14.3 Å². The van der Waals surface area contributed by atoms with Crippen molar-refractivity contribution in [3.63, 3.8) is 0 Å². The predicted molar refractivity (Wildman–Crippen MR) is 132 cm³/mol. The summed E-state index contributed by atoms with van der Waals surface area (Å²) in [5, 5.41) is 13.8. The molecule has 0 unspecified atom stereocenters. The molecular formula is C26H24F3N5O3. The van der Waals surface area contributed by atoms with E-state index in [1.807, 2.05) is 13.8 Å². The number of fused-ring (bicyclic) bond motifs is 1. The molecule has 0 atom stereocenters. The molecule has 4 aromatic heterocycles. The summed E-state index contributed by atoms with van der Waals surface area (Å²) < 4.78 is 53.7. The summed E-state index contributed by atoms with van der Waals surface area (Å²) in [5.74, 6) is -3.05. The highest BCUT2D eigenvalue weighted by molar-refractivity contribution is 5.96. The van der Waals surface area contributed by atoms with E-state index in [-0.39, 0.29) is 5.71 Å². The average Bonchev–Trinajstić information content (AvgIpc) is 3.54. The average molecular weight is 512 g/mol. The number of aliphatic hydroxyl groups excluding tert-OH is 1. The van der Waals surface area contributed by atoms with Crippen LogP contribution in [-0.4, -0.2) is 49.5 Å². The molecule has 0 radical (unpaired) electrons. The Bertz CT molecular complexity index is 1500. The fourth-order valence-electron chi connectivity index (χ4n) is 3.73. The Morgan fingerprint density at radius 3 is 2.49 bits per heavy atom. The van der Waals surface area contributed by atoms with Gasteiger partial charge in [-0.2, -0.15) is 5.10 Å². The lowest BCUT2D eigenvalue weighted by Gasteiger charge is -2.12. The smallest absolute Gasteiger partial charge is 0.289 e. The molecule has 0 saturated heterocycles. The highest BCUT2D eigenvalue weighted by atomic mass is 19.3. The minimum absolute atomic E-state index is 0.259. The summed E-state index contributed by atoms with van der Waals surface area (Å²) >= 11 is 0. The number of alkyl halides is 2. The van der Waals surface area contributed by atoms with E-state index in [9.17, 15) is 13.2 Å². The van der Waals surface area contributed by atoms with Crippen LogP contribution in [0.5, 0.6) is 5.88 Å². The molecule has 0 aliphatic rings. The van der Waals surface area contributed by atoms with Crippen molar-refractivity contribution in [3.05, 3.63) is 67.0 Å². The molecule has 0 bridgehead atoms. The van der Waals surface area contributed by atoms with Gasteiger partial charge in [0.25, 0.3) is 5.92 Å². The SMILES string of the molecule is CC.COc1ncccc1-c1cc2c(-c3cn(CC(F)(F)CO)nc3-c3ccc(F)cc3)ncnc2o1. The number of aliphatic hydroxyl groups is 1. The monoisotopic (exact) mass is 511 g/mol. The third-order valence-electron chi connectivity index (χ3n) is 5.32. The van der Waals surface area contributed by atoms with Gasteiger partial charge in [-0.25, -0.2) is 28.1 Å². The van der Waals surface area contributed by atoms with Crippen LogP contribution in [0, 0.1) is 5.82 Å². The molecular weight excluding hydrogens is 487 g/mol. The molecule has 5 rings (SSSR count). The lowest BCUT2D eigenvalue weighted by Crippen LogP contribution is -2.28. The zero-order valence-electron chi connectivity index (χ0n) is 20.3. The summed E-state index contributed by atoms with van der Waals surface area (Å²) in [6.07, 6.45) is 4.28. The molecule has 0 aliphatic heterocycles. The van der Waals surface area contributed by atoms with Crippen molar-refractivity contribution in [1.29, 1.82) is 0 Å². The lowest BCUT2D eigenvalue weighted by molar-refractivity contribution is -0.0651. The normalized spacial score (nSPS) is 11.3. The maximum absolute atomic E-state index is 13.9. The number of furan rings is 1. The number of hydrogen-bond acceptors (Lipinski definition) is 7. The first-order valence-corrected chi connectivity index (χ1v) is 11.4. The van der Waals surface area contributed by atoms with Crippen molar-refractivity contribution < 1.29 is 27.4 Å². The highest BCUT2D eigenvalue weighted by Crippen LogP contribution is 2.38. The van der Waals surface area contributed by atoms with Gasteiger partial charge in [-0.05, 0) is 42.5 Å². The van der Waals surface area contributed by atoms with E-state index in [1.54, 1.807) is 24.4 Å². The molecule has 11 heteroatoms. The molecule has 0 saturated carbocycles. The lowest BCUT2D eigenvalue weighted by atomic mass is 10.0. The maximum atomic E-state index is 13.9. The van der Waals surface area contributed by atoms with E-state index in [4.69, 9.17) is 14.3 Å². The predicted octanol–water partition coefficient (Wildman–Crippen LogP) is 5.62. The number of methoxy groups -OCH3 is 1. The molecule has 1 N–H and O–H groups in total. The molecule has 0 fully saturated rings. The summed E-state index contributed by atoms with van der Waals surface area (Å²) in [6, 6.07) is 10.7. The van der Waals surface area contributed by atoms with Gasteiger partial charge in [0.2, 0.25) is 11.6 Å². The van der Waals surface area contributed by atoms with Crippen molar-refractivity contribution >= 4 is 11.1 Å². The standard InChI is InChI=1S/C24H18F3N5O3.C2H6/c1-34-22-16(3-2-8-28-22)19-9-17-21(29-13-30-23(17)35-19)18-10-32(11-24(26,27)12-33)31-20(18)14-4-6-15(25)7-5-14;1-2/h2-10,13,33H,11-12H2,1H3;1-2H3. The molecule has 0 aliphatic carbocycles. The molecule has 5 aromatic rings. The Morgan fingerprint density at radius 2 is 1.78 bits per heavy atom. The van der Waals surface area contributed by atoms with E-state index < -0.39 is 24.9 Å². The van der Waals surface area contributed by atoms with Gasteiger partial charge in [-0.15, -0.1) is 0 Å². The second-order valence-corrected chi connectivity index (χ2v) is 7.72. The number of ether oxygens (including phenoxy) is 1. The Kier molecular flexibility index (Phi) is 7.53. The summed E-state index contributed by atoms with van der Waals surface area (Å²) in [5.41, 5.74) is 2.44. The van der Waals surface area contributed by atoms with Gasteiger partial charge in [0.05, 0.1) is 23.8 Å². The number of halogens is 3. The van der Waals surface area contributed by atoms with Crippen LogP contribution >= 0.6 is 0 Å².